The summed E-state index contributed by atoms with van der Waals surface area (Å²) < 4.78 is 3.44. The quantitative estimate of drug-likeness (QED) is 0.517. The van der Waals surface area contributed by atoms with Gasteiger partial charge in [-0.05, 0) is 37.0 Å². The number of aromatic nitrogens is 2. The van der Waals surface area contributed by atoms with Gasteiger partial charge in [-0.15, -0.1) is 0 Å². The van der Waals surface area contributed by atoms with Gasteiger partial charge in [-0.25, -0.2) is 4.57 Å². The van der Waals surface area contributed by atoms with Crippen LogP contribution in [0.2, 0.25) is 0 Å². The molecule has 0 fully saturated rings. The third-order valence-corrected chi connectivity index (χ3v) is 3.82. The summed E-state index contributed by atoms with van der Waals surface area (Å²) in [7, 11) is 0. The van der Waals surface area contributed by atoms with E-state index in [1.54, 1.807) is 0 Å². The van der Waals surface area contributed by atoms with E-state index in [-0.39, 0.29) is 24.0 Å². The molecule has 1 aromatic carbocycles. The summed E-state index contributed by atoms with van der Waals surface area (Å²) in [6.07, 6.45) is 11.0. The molecule has 0 amide bonds. The SMILES string of the molecule is CCCC(CCc1ccc(Br)cc1)[n+]1cc[nH]c1.[I-]. The van der Waals surface area contributed by atoms with E-state index in [0.717, 1.165) is 10.9 Å². The number of imidazole rings is 1. The van der Waals surface area contributed by atoms with Crippen LogP contribution >= 0.6 is 15.9 Å². The average Bonchev–Trinajstić information content (AvgIpc) is 2.90. The highest BCUT2D eigenvalue weighted by molar-refractivity contribution is 9.10. The van der Waals surface area contributed by atoms with Crippen LogP contribution in [0.3, 0.4) is 0 Å². The Morgan fingerprint density at radius 1 is 1.21 bits per heavy atom. The Balaban J connectivity index is 0.00000180. The van der Waals surface area contributed by atoms with Gasteiger partial charge in [0.1, 0.15) is 18.4 Å². The fourth-order valence-electron chi connectivity index (χ4n) is 2.29. The van der Waals surface area contributed by atoms with Crippen molar-refractivity contribution in [2.24, 2.45) is 0 Å². The lowest BCUT2D eigenvalue weighted by molar-refractivity contribution is -0.723. The fraction of sp³-hybridized carbons (Fsp3) is 0.400. The highest BCUT2D eigenvalue weighted by atomic mass is 127. The van der Waals surface area contributed by atoms with Crippen molar-refractivity contribution in [2.75, 3.05) is 0 Å². The van der Waals surface area contributed by atoms with Gasteiger partial charge in [0.2, 0.25) is 6.33 Å². The minimum atomic E-state index is 0. The number of aromatic amines is 1. The van der Waals surface area contributed by atoms with E-state index in [9.17, 15) is 0 Å². The summed E-state index contributed by atoms with van der Waals surface area (Å²) in [6.45, 7) is 2.25. The number of hydrogen-bond donors (Lipinski definition) is 1. The van der Waals surface area contributed by atoms with Crippen molar-refractivity contribution in [3.8, 4) is 0 Å². The maximum atomic E-state index is 3.47. The van der Waals surface area contributed by atoms with Gasteiger partial charge in [-0.2, -0.15) is 0 Å². The van der Waals surface area contributed by atoms with Crippen LogP contribution in [0, 0.1) is 0 Å². The van der Waals surface area contributed by atoms with Crippen LogP contribution in [-0.4, -0.2) is 4.98 Å². The zero-order valence-corrected chi connectivity index (χ0v) is 14.9. The molecule has 4 heteroatoms. The minimum absolute atomic E-state index is 0. The van der Waals surface area contributed by atoms with Crippen molar-refractivity contribution in [1.29, 1.82) is 0 Å². The van der Waals surface area contributed by atoms with Gasteiger partial charge < -0.3 is 24.0 Å². The highest BCUT2D eigenvalue weighted by Crippen LogP contribution is 2.17. The minimum Gasteiger partial charge on any atom is -1.00 e. The topological polar surface area (TPSA) is 19.7 Å². The van der Waals surface area contributed by atoms with Gasteiger partial charge in [0.05, 0.1) is 0 Å². The van der Waals surface area contributed by atoms with E-state index in [2.05, 4.69) is 69.2 Å². The van der Waals surface area contributed by atoms with Crippen LogP contribution in [0.1, 0.15) is 37.8 Å². The lowest BCUT2D eigenvalue weighted by Crippen LogP contribution is -3.00. The van der Waals surface area contributed by atoms with Gasteiger partial charge in [-0.3, -0.25) is 4.98 Å². The number of halogens is 2. The second-order valence-corrected chi connectivity index (χ2v) is 5.58. The second-order valence-electron chi connectivity index (χ2n) is 4.67. The van der Waals surface area contributed by atoms with Gasteiger partial charge in [0, 0.05) is 4.47 Å². The Kier molecular flexibility index (Phi) is 7.68. The molecule has 1 unspecified atom stereocenters. The Morgan fingerprint density at radius 2 is 1.95 bits per heavy atom. The standard InChI is InChI=1S/C15H19BrN2.HI/c1-2-3-15(18-11-10-17-12-18)9-6-13-4-7-14(16)8-5-13;/h4-5,7-8,10-12,15H,2-3,6,9H2,1H3;1H. The molecule has 0 bridgehead atoms. The van der Waals surface area contributed by atoms with E-state index < -0.39 is 0 Å². The first-order chi connectivity index (χ1) is 8.79. The molecule has 1 aromatic heterocycles. The van der Waals surface area contributed by atoms with Gasteiger partial charge in [0.15, 0.2) is 0 Å². The predicted octanol–water partition coefficient (Wildman–Crippen LogP) is 1.04. The molecule has 0 saturated heterocycles. The van der Waals surface area contributed by atoms with Crippen molar-refractivity contribution in [1.82, 2.24) is 4.98 Å². The summed E-state index contributed by atoms with van der Waals surface area (Å²) in [6, 6.07) is 9.25. The molecule has 0 saturated carbocycles. The third kappa shape index (κ3) is 5.26. The third-order valence-electron chi connectivity index (χ3n) is 3.29. The molecule has 0 aliphatic rings. The Bertz CT molecular complexity index is 454. The highest BCUT2D eigenvalue weighted by Gasteiger charge is 2.14. The largest absolute Gasteiger partial charge is 1.00 e. The first kappa shape index (κ1) is 16.7. The summed E-state index contributed by atoms with van der Waals surface area (Å²) >= 11 is 3.47. The molecule has 1 N–H and O–H groups in total. The monoisotopic (exact) mass is 434 g/mol. The molecule has 0 spiro atoms. The Labute approximate surface area is 140 Å². The first-order valence-electron chi connectivity index (χ1n) is 6.57. The van der Waals surface area contributed by atoms with Crippen molar-refractivity contribution >= 4 is 15.9 Å². The number of rotatable bonds is 6. The second kappa shape index (κ2) is 8.74. The smallest absolute Gasteiger partial charge is 0.241 e. The fourth-order valence-corrected chi connectivity index (χ4v) is 2.55. The molecule has 0 radical (unpaired) electrons. The van der Waals surface area contributed by atoms with E-state index in [0.29, 0.717) is 6.04 Å². The first-order valence-corrected chi connectivity index (χ1v) is 7.37. The summed E-state index contributed by atoms with van der Waals surface area (Å²) in [4.78, 5) is 3.13. The molecule has 1 atom stereocenters. The molecule has 2 nitrogen and oxygen atoms in total. The molecule has 2 rings (SSSR count). The number of nitrogens with one attached hydrogen (secondary N) is 1. The van der Waals surface area contributed by atoms with Crippen molar-refractivity contribution in [3.05, 3.63) is 53.0 Å². The van der Waals surface area contributed by atoms with Crippen molar-refractivity contribution in [2.45, 2.75) is 38.6 Å². The van der Waals surface area contributed by atoms with Gasteiger partial charge in [0.25, 0.3) is 0 Å². The Hall–Kier alpha value is -0.360. The number of aryl methyl sites for hydroxylation is 1. The summed E-state index contributed by atoms with van der Waals surface area (Å²) in [5, 5.41) is 0. The summed E-state index contributed by atoms with van der Waals surface area (Å²) in [5.41, 5.74) is 1.41. The number of benzene rings is 1. The van der Waals surface area contributed by atoms with E-state index >= 15 is 0 Å². The van der Waals surface area contributed by atoms with Gasteiger partial charge in [-0.1, -0.05) is 41.4 Å². The van der Waals surface area contributed by atoms with Crippen LogP contribution in [0.5, 0.6) is 0 Å². The van der Waals surface area contributed by atoms with Crippen LogP contribution in [0.4, 0.5) is 0 Å². The maximum absolute atomic E-state index is 3.47. The van der Waals surface area contributed by atoms with Crippen LogP contribution in [0.15, 0.2) is 47.5 Å². The summed E-state index contributed by atoms with van der Waals surface area (Å²) in [5.74, 6) is 0. The molecular weight excluding hydrogens is 415 g/mol. The van der Waals surface area contributed by atoms with E-state index in [1.807, 2.05) is 6.20 Å². The normalized spacial score (nSPS) is 11.9. The maximum Gasteiger partial charge on any atom is 0.241 e. The number of H-pyrrole nitrogens is 1. The molecule has 19 heavy (non-hydrogen) atoms. The van der Waals surface area contributed by atoms with Crippen molar-refractivity contribution < 1.29 is 28.5 Å². The molecule has 1 heterocycles. The Morgan fingerprint density at radius 3 is 2.53 bits per heavy atom. The number of hydrogen-bond acceptors (Lipinski definition) is 0. The average molecular weight is 435 g/mol. The number of nitrogens with zero attached hydrogens (tertiary/aromatic N) is 1. The van der Waals surface area contributed by atoms with E-state index in [4.69, 9.17) is 0 Å². The van der Waals surface area contributed by atoms with Crippen LogP contribution in [0.25, 0.3) is 0 Å². The van der Waals surface area contributed by atoms with Crippen LogP contribution < -0.4 is 28.5 Å². The van der Waals surface area contributed by atoms with Crippen molar-refractivity contribution in [3.63, 3.8) is 0 Å². The molecule has 0 aliphatic carbocycles. The predicted molar refractivity (Wildman–Crippen MR) is 77.4 cm³/mol. The van der Waals surface area contributed by atoms with Crippen LogP contribution in [-0.2, 0) is 6.42 Å². The lowest BCUT2D eigenvalue weighted by Gasteiger charge is -2.12. The molecule has 2 aromatic rings. The zero-order valence-electron chi connectivity index (χ0n) is 11.2. The zero-order chi connectivity index (χ0) is 12.8. The molecule has 0 aliphatic heterocycles. The molecule has 104 valence electrons. The van der Waals surface area contributed by atoms with Gasteiger partial charge >= 0.3 is 0 Å². The van der Waals surface area contributed by atoms with E-state index in [1.165, 1.54) is 24.8 Å². The lowest BCUT2D eigenvalue weighted by atomic mass is 10.0. The molecular formula is C15H20BrIN2.